The third-order valence-corrected chi connectivity index (χ3v) is 6.20. The van der Waals surface area contributed by atoms with Crippen LogP contribution in [-0.4, -0.2) is 43.3 Å². The van der Waals surface area contributed by atoms with E-state index in [1.54, 1.807) is 7.05 Å². The van der Waals surface area contributed by atoms with Crippen molar-refractivity contribution in [2.45, 2.75) is 58.5 Å². The van der Waals surface area contributed by atoms with Crippen molar-refractivity contribution in [1.29, 1.82) is 0 Å². The van der Waals surface area contributed by atoms with Crippen molar-refractivity contribution in [3.8, 4) is 0 Å². The summed E-state index contributed by atoms with van der Waals surface area (Å²) < 4.78 is 25.9. The predicted molar refractivity (Wildman–Crippen MR) is 78.5 cm³/mol. The van der Waals surface area contributed by atoms with Gasteiger partial charge in [0, 0.05) is 13.6 Å². The fourth-order valence-corrected chi connectivity index (χ4v) is 4.47. The van der Waals surface area contributed by atoms with Crippen molar-refractivity contribution in [3.05, 3.63) is 0 Å². The SMILES string of the molecule is CCCC(C)CS(=O)(=O)N(C)CC1CCCCC1O. The first-order valence-corrected chi connectivity index (χ1v) is 9.09. The number of aliphatic hydroxyl groups excluding tert-OH is 1. The van der Waals surface area contributed by atoms with Crippen LogP contribution in [0.25, 0.3) is 0 Å². The molecule has 0 aromatic carbocycles. The van der Waals surface area contributed by atoms with Gasteiger partial charge in [-0.1, -0.05) is 33.1 Å². The minimum atomic E-state index is -3.18. The smallest absolute Gasteiger partial charge is 0.214 e. The Morgan fingerprint density at radius 3 is 2.53 bits per heavy atom. The first-order chi connectivity index (χ1) is 8.86. The molecule has 1 rings (SSSR count). The molecule has 0 saturated heterocycles. The highest BCUT2D eigenvalue weighted by molar-refractivity contribution is 7.89. The van der Waals surface area contributed by atoms with Gasteiger partial charge in [0.1, 0.15) is 0 Å². The van der Waals surface area contributed by atoms with E-state index in [0.717, 1.165) is 38.5 Å². The van der Waals surface area contributed by atoms with Crippen molar-refractivity contribution >= 4 is 10.0 Å². The van der Waals surface area contributed by atoms with Crippen molar-refractivity contribution in [3.63, 3.8) is 0 Å². The highest BCUT2D eigenvalue weighted by Gasteiger charge is 2.28. The Morgan fingerprint density at radius 2 is 1.95 bits per heavy atom. The molecule has 114 valence electrons. The molecular weight excluding hydrogens is 262 g/mol. The second-order valence-electron chi connectivity index (χ2n) is 6.06. The molecule has 1 N–H and O–H groups in total. The lowest BCUT2D eigenvalue weighted by Gasteiger charge is -2.31. The van der Waals surface area contributed by atoms with Crippen LogP contribution in [0.4, 0.5) is 0 Å². The molecule has 0 bridgehead atoms. The van der Waals surface area contributed by atoms with Gasteiger partial charge < -0.3 is 5.11 Å². The fraction of sp³-hybridized carbons (Fsp3) is 1.00. The second-order valence-corrected chi connectivity index (χ2v) is 8.19. The minimum Gasteiger partial charge on any atom is -0.393 e. The molecule has 0 aromatic rings. The van der Waals surface area contributed by atoms with Gasteiger partial charge in [0.15, 0.2) is 0 Å². The zero-order valence-corrected chi connectivity index (χ0v) is 13.3. The molecule has 1 saturated carbocycles. The van der Waals surface area contributed by atoms with E-state index in [0.29, 0.717) is 6.54 Å². The first-order valence-electron chi connectivity index (χ1n) is 7.49. The molecule has 1 aliphatic carbocycles. The van der Waals surface area contributed by atoms with E-state index in [9.17, 15) is 13.5 Å². The molecule has 0 spiro atoms. The molecule has 1 aliphatic rings. The third kappa shape index (κ3) is 5.40. The fourth-order valence-electron chi connectivity index (χ4n) is 2.91. The van der Waals surface area contributed by atoms with Crippen LogP contribution >= 0.6 is 0 Å². The van der Waals surface area contributed by atoms with E-state index in [1.807, 2.05) is 6.92 Å². The summed E-state index contributed by atoms with van der Waals surface area (Å²) >= 11 is 0. The predicted octanol–water partition coefficient (Wildman–Crippen LogP) is 2.24. The highest BCUT2D eigenvalue weighted by Crippen LogP contribution is 2.25. The monoisotopic (exact) mass is 291 g/mol. The maximum Gasteiger partial charge on any atom is 0.214 e. The molecular formula is C14H29NO3S. The Kier molecular flexibility index (Phi) is 6.77. The zero-order valence-electron chi connectivity index (χ0n) is 12.5. The molecule has 3 atom stereocenters. The van der Waals surface area contributed by atoms with Gasteiger partial charge in [-0.15, -0.1) is 0 Å². The van der Waals surface area contributed by atoms with Crippen LogP contribution in [0.2, 0.25) is 0 Å². The molecule has 1 fully saturated rings. The molecule has 3 unspecified atom stereocenters. The molecule has 0 heterocycles. The summed E-state index contributed by atoms with van der Waals surface area (Å²) in [5.41, 5.74) is 0. The summed E-state index contributed by atoms with van der Waals surface area (Å²) in [5.74, 6) is 0.531. The van der Waals surface area contributed by atoms with Crippen LogP contribution in [0, 0.1) is 11.8 Å². The van der Waals surface area contributed by atoms with Gasteiger partial charge in [-0.25, -0.2) is 12.7 Å². The number of sulfonamides is 1. The average molecular weight is 291 g/mol. The van der Waals surface area contributed by atoms with E-state index < -0.39 is 10.0 Å². The van der Waals surface area contributed by atoms with E-state index in [4.69, 9.17) is 0 Å². The van der Waals surface area contributed by atoms with E-state index in [-0.39, 0.29) is 23.7 Å². The van der Waals surface area contributed by atoms with Crippen LogP contribution in [0.3, 0.4) is 0 Å². The number of aliphatic hydroxyl groups is 1. The van der Waals surface area contributed by atoms with Gasteiger partial charge in [0.05, 0.1) is 11.9 Å². The molecule has 4 nitrogen and oxygen atoms in total. The lowest BCUT2D eigenvalue weighted by atomic mass is 9.86. The summed E-state index contributed by atoms with van der Waals surface area (Å²) in [5, 5.41) is 9.93. The van der Waals surface area contributed by atoms with Crippen LogP contribution in [0.1, 0.15) is 52.4 Å². The van der Waals surface area contributed by atoms with Gasteiger partial charge in [-0.3, -0.25) is 0 Å². The highest BCUT2D eigenvalue weighted by atomic mass is 32.2. The summed E-state index contributed by atoms with van der Waals surface area (Å²) in [6.07, 6.45) is 5.53. The summed E-state index contributed by atoms with van der Waals surface area (Å²) in [6, 6.07) is 0. The lowest BCUT2D eigenvalue weighted by molar-refractivity contribution is 0.0620. The van der Waals surface area contributed by atoms with Crippen LogP contribution in [0.5, 0.6) is 0 Å². The Labute approximate surface area is 118 Å². The topological polar surface area (TPSA) is 57.6 Å². The number of rotatable bonds is 7. The Balaban J connectivity index is 2.52. The van der Waals surface area contributed by atoms with Crippen LogP contribution in [-0.2, 0) is 10.0 Å². The number of nitrogens with zero attached hydrogens (tertiary/aromatic N) is 1. The van der Waals surface area contributed by atoms with Crippen molar-refractivity contribution in [2.24, 2.45) is 11.8 Å². The summed E-state index contributed by atoms with van der Waals surface area (Å²) in [7, 11) is -1.53. The molecule has 5 heteroatoms. The van der Waals surface area contributed by atoms with Crippen LogP contribution < -0.4 is 0 Å². The zero-order chi connectivity index (χ0) is 14.5. The normalized spacial score (nSPS) is 26.6. The Hall–Kier alpha value is -0.130. The van der Waals surface area contributed by atoms with Crippen molar-refractivity contribution < 1.29 is 13.5 Å². The molecule has 0 radical (unpaired) electrons. The molecule has 0 aromatic heterocycles. The van der Waals surface area contributed by atoms with Gasteiger partial charge in [-0.2, -0.15) is 0 Å². The Morgan fingerprint density at radius 1 is 1.32 bits per heavy atom. The van der Waals surface area contributed by atoms with E-state index in [1.165, 1.54) is 4.31 Å². The first kappa shape index (κ1) is 16.9. The summed E-state index contributed by atoms with van der Waals surface area (Å²) in [6.45, 7) is 4.53. The minimum absolute atomic E-state index is 0.106. The largest absolute Gasteiger partial charge is 0.393 e. The summed E-state index contributed by atoms with van der Waals surface area (Å²) in [4.78, 5) is 0. The average Bonchev–Trinajstić information content (AvgIpc) is 2.31. The van der Waals surface area contributed by atoms with Gasteiger partial charge >= 0.3 is 0 Å². The van der Waals surface area contributed by atoms with Gasteiger partial charge in [0.25, 0.3) is 0 Å². The number of hydrogen-bond acceptors (Lipinski definition) is 3. The maximum atomic E-state index is 12.2. The van der Waals surface area contributed by atoms with Crippen molar-refractivity contribution in [1.82, 2.24) is 4.31 Å². The molecule has 0 aliphatic heterocycles. The quantitative estimate of drug-likeness (QED) is 0.782. The van der Waals surface area contributed by atoms with E-state index >= 15 is 0 Å². The second kappa shape index (κ2) is 7.60. The standard InChI is InChI=1S/C14H29NO3S/c1-4-7-12(2)11-19(17,18)15(3)10-13-8-5-6-9-14(13)16/h12-14,16H,4-11H2,1-3H3. The van der Waals surface area contributed by atoms with E-state index in [2.05, 4.69) is 6.92 Å². The maximum absolute atomic E-state index is 12.2. The molecule has 0 amide bonds. The third-order valence-electron chi connectivity index (χ3n) is 4.11. The van der Waals surface area contributed by atoms with Gasteiger partial charge in [-0.05, 0) is 31.1 Å². The van der Waals surface area contributed by atoms with Crippen molar-refractivity contribution in [2.75, 3.05) is 19.3 Å². The number of hydrogen-bond donors (Lipinski definition) is 1. The van der Waals surface area contributed by atoms with Gasteiger partial charge in [0.2, 0.25) is 10.0 Å². The van der Waals surface area contributed by atoms with Crippen LogP contribution in [0.15, 0.2) is 0 Å². The Bertz CT molecular complexity index is 356. The molecule has 19 heavy (non-hydrogen) atoms. The lowest BCUT2D eigenvalue weighted by Crippen LogP contribution is -2.39.